The predicted octanol–water partition coefficient (Wildman–Crippen LogP) is 8.51. The summed E-state index contributed by atoms with van der Waals surface area (Å²) in [5.74, 6) is 3.36. The van der Waals surface area contributed by atoms with Crippen LogP contribution in [0.2, 0.25) is 0 Å². The fraction of sp³-hybridized carbons (Fsp3) is 0. The number of rotatable bonds is 2. The van der Waals surface area contributed by atoms with Gasteiger partial charge in [0.15, 0.2) is 0 Å². The monoisotopic (exact) mass is 462 g/mol. The SMILES string of the molecule is c1ccc(-c2ccc3c(c2)Oc2ccc4c5c(ccc-3c25)-c2ccc(-c3ccccn3)cc2O4)nc1. The van der Waals surface area contributed by atoms with Crippen LogP contribution in [0.3, 0.4) is 0 Å². The molecule has 4 nitrogen and oxygen atoms in total. The topological polar surface area (TPSA) is 44.2 Å². The third-order valence-corrected chi connectivity index (χ3v) is 6.99. The lowest BCUT2D eigenvalue weighted by Gasteiger charge is -2.27. The second-order valence-corrected chi connectivity index (χ2v) is 9.03. The normalized spacial score (nSPS) is 12.3. The smallest absolute Gasteiger partial charge is 0.136 e. The highest BCUT2D eigenvalue weighted by Crippen LogP contribution is 2.55. The van der Waals surface area contributed by atoms with Crippen molar-refractivity contribution >= 4 is 10.8 Å². The molecule has 4 aromatic carbocycles. The molecule has 0 saturated carbocycles. The summed E-state index contributed by atoms with van der Waals surface area (Å²) in [5, 5.41) is 2.17. The minimum Gasteiger partial charge on any atom is -0.456 e. The summed E-state index contributed by atoms with van der Waals surface area (Å²) in [6.07, 6.45) is 3.62. The van der Waals surface area contributed by atoms with E-state index < -0.39 is 0 Å². The van der Waals surface area contributed by atoms with Gasteiger partial charge in [0, 0.05) is 45.4 Å². The minimum absolute atomic E-state index is 0.839. The third kappa shape index (κ3) is 2.75. The Kier molecular flexibility index (Phi) is 3.91. The minimum atomic E-state index is 0.839. The average molecular weight is 463 g/mol. The van der Waals surface area contributed by atoms with E-state index in [4.69, 9.17) is 9.47 Å². The van der Waals surface area contributed by atoms with Crippen molar-refractivity contribution in [3.63, 3.8) is 0 Å². The van der Waals surface area contributed by atoms with Crippen molar-refractivity contribution in [2.75, 3.05) is 0 Å². The van der Waals surface area contributed by atoms with Crippen LogP contribution >= 0.6 is 0 Å². The number of pyridine rings is 2. The molecule has 0 saturated heterocycles. The fourth-order valence-electron chi connectivity index (χ4n) is 5.33. The first-order chi connectivity index (χ1) is 17.8. The van der Waals surface area contributed by atoms with E-state index in [1.54, 1.807) is 0 Å². The summed E-state index contributed by atoms with van der Waals surface area (Å²) in [6.45, 7) is 0. The Hall–Kier alpha value is -4.96. The number of hydrogen-bond donors (Lipinski definition) is 0. The maximum Gasteiger partial charge on any atom is 0.136 e. The Morgan fingerprint density at radius 1 is 0.417 bits per heavy atom. The molecule has 0 amide bonds. The molecule has 0 fully saturated rings. The van der Waals surface area contributed by atoms with Crippen LogP contribution < -0.4 is 9.47 Å². The van der Waals surface area contributed by atoms with Crippen molar-refractivity contribution in [1.29, 1.82) is 0 Å². The van der Waals surface area contributed by atoms with E-state index in [0.717, 1.165) is 78.5 Å². The molecule has 0 spiro atoms. The molecule has 2 aliphatic heterocycles. The molecule has 0 radical (unpaired) electrons. The first-order valence-electron chi connectivity index (χ1n) is 11.9. The van der Waals surface area contributed by atoms with Gasteiger partial charge in [-0.15, -0.1) is 0 Å². The predicted molar refractivity (Wildman–Crippen MR) is 141 cm³/mol. The van der Waals surface area contributed by atoms with E-state index in [0.29, 0.717) is 0 Å². The molecule has 168 valence electrons. The number of ether oxygens (including phenoxy) is 2. The van der Waals surface area contributed by atoms with Gasteiger partial charge in [-0.2, -0.15) is 0 Å². The number of hydrogen-bond acceptors (Lipinski definition) is 4. The van der Waals surface area contributed by atoms with E-state index in [1.807, 2.05) is 60.9 Å². The van der Waals surface area contributed by atoms with Crippen molar-refractivity contribution in [1.82, 2.24) is 9.97 Å². The van der Waals surface area contributed by atoms with Crippen molar-refractivity contribution in [3.05, 3.63) is 109 Å². The van der Waals surface area contributed by atoms with Crippen LogP contribution in [0.15, 0.2) is 109 Å². The lowest BCUT2D eigenvalue weighted by atomic mass is 9.87. The molecule has 0 atom stereocenters. The Balaban J connectivity index is 1.30. The zero-order chi connectivity index (χ0) is 23.6. The van der Waals surface area contributed by atoms with Crippen molar-refractivity contribution in [3.8, 4) is 67.8 Å². The summed E-state index contributed by atoms with van der Waals surface area (Å²) in [6, 6.07) is 32.9. The van der Waals surface area contributed by atoms with Gasteiger partial charge in [0.05, 0.1) is 11.4 Å². The van der Waals surface area contributed by atoms with Gasteiger partial charge in [-0.25, -0.2) is 0 Å². The Morgan fingerprint density at radius 3 is 1.33 bits per heavy atom. The highest BCUT2D eigenvalue weighted by Gasteiger charge is 2.28. The quantitative estimate of drug-likeness (QED) is 0.258. The van der Waals surface area contributed by atoms with Crippen LogP contribution in [0.1, 0.15) is 0 Å². The Bertz CT molecular complexity index is 1690. The van der Waals surface area contributed by atoms with Gasteiger partial charge >= 0.3 is 0 Å². The molecule has 0 bridgehead atoms. The van der Waals surface area contributed by atoms with Gasteiger partial charge < -0.3 is 9.47 Å². The lowest BCUT2D eigenvalue weighted by molar-refractivity contribution is 0.475. The molecule has 2 aromatic heterocycles. The molecule has 0 N–H and O–H groups in total. The summed E-state index contributed by atoms with van der Waals surface area (Å²) in [5.41, 5.74) is 8.36. The molecule has 2 aliphatic rings. The van der Waals surface area contributed by atoms with Crippen molar-refractivity contribution in [2.45, 2.75) is 0 Å². The maximum absolute atomic E-state index is 6.46. The van der Waals surface area contributed by atoms with Crippen LogP contribution in [-0.4, -0.2) is 9.97 Å². The number of fused-ring (bicyclic) bond motifs is 4. The largest absolute Gasteiger partial charge is 0.456 e. The number of aromatic nitrogens is 2. The molecule has 4 heterocycles. The van der Waals surface area contributed by atoms with Gasteiger partial charge in [0.1, 0.15) is 23.0 Å². The average Bonchev–Trinajstić information content (AvgIpc) is 2.95. The molecule has 6 aromatic rings. The van der Waals surface area contributed by atoms with Crippen LogP contribution in [-0.2, 0) is 0 Å². The summed E-state index contributed by atoms with van der Waals surface area (Å²) >= 11 is 0. The lowest BCUT2D eigenvalue weighted by Crippen LogP contribution is -2.03. The van der Waals surface area contributed by atoms with Gasteiger partial charge in [-0.05, 0) is 71.8 Å². The summed E-state index contributed by atoms with van der Waals surface area (Å²) < 4.78 is 12.9. The summed E-state index contributed by atoms with van der Waals surface area (Å²) in [7, 11) is 0. The van der Waals surface area contributed by atoms with Crippen molar-refractivity contribution < 1.29 is 9.47 Å². The highest BCUT2D eigenvalue weighted by molar-refractivity contribution is 6.14. The Labute approximate surface area is 207 Å². The second-order valence-electron chi connectivity index (χ2n) is 9.03. The third-order valence-electron chi connectivity index (χ3n) is 6.99. The van der Waals surface area contributed by atoms with E-state index in [9.17, 15) is 0 Å². The highest BCUT2D eigenvalue weighted by atomic mass is 16.5. The molecule has 4 heteroatoms. The molecule has 8 rings (SSSR count). The molecular weight excluding hydrogens is 444 g/mol. The summed E-state index contributed by atoms with van der Waals surface area (Å²) in [4.78, 5) is 8.99. The van der Waals surface area contributed by atoms with E-state index >= 15 is 0 Å². The van der Waals surface area contributed by atoms with Crippen molar-refractivity contribution in [2.24, 2.45) is 0 Å². The van der Waals surface area contributed by atoms with Crippen LogP contribution in [0.25, 0.3) is 55.5 Å². The van der Waals surface area contributed by atoms with E-state index in [2.05, 4.69) is 58.5 Å². The fourth-order valence-corrected chi connectivity index (χ4v) is 5.33. The zero-order valence-corrected chi connectivity index (χ0v) is 19.1. The Morgan fingerprint density at radius 2 is 0.889 bits per heavy atom. The maximum atomic E-state index is 6.46. The first-order valence-corrected chi connectivity index (χ1v) is 11.9. The van der Waals surface area contributed by atoms with Crippen LogP contribution in [0.5, 0.6) is 23.0 Å². The molecule has 0 aliphatic carbocycles. The van der Waals surface area contributed by atoms with Crippen LogP contribution in [0.4, 0.5) is 0 Å². The van der Waals surface area contributed by atoms with Gasteiger partial charge in [-0.1, -0.05) is 36.4 Å². The molecular formula is C32H18N2O2. The van der Waals surface area contributed by atoms with E-state index in [1.165, 1.54) is 0 Å². The van der Waals surface area contributed by atoms with Gasteiger partial charge in [0.2, 0.25) is 0 Å². The molecule has 0 unspecified atom stereocenters. The van der Waals surface area contributed by atoms with Gasteiger partial charge in [-0.3, -0.25) is 9.97 Å². The molecule has 36 heavy (non-hydrogen) atoms. The zero-order valence-electron chi connectivity index (χ0n) is 19.1. The van der Waals surface area contributed by atoms with Crippen LogP contribution in [0, 0.1) is 0 Å². The van der Waals surface area contributed by atoms with Gasteiger partial charge in [0.25, 0.3) is 0 Å². The second kappa shape index (κ2) is 7.27. The standard InChI is InChI=1S/C32H18N2O2/c1-3-15-33-25(5-1)19-7-9-21-23-11-12-24-22-10-8-20(26-6-2-4-16-34-26)18-30(22)36-28-14-13-27(31(23)32(24)28)35-29(21)17-19/h1-18H. The first kappa shape index (κ1) is 19.4. The number of nitrogens with zero attached hydrogens (tertiary/aromatic N) is 2. The number of benzene rings is 4. The van der Waals surface area contributed by atoms with E-state index in [-0.39, 0.29) is 0 Å².